The van der Waals surface area contributed by atoms with Gasteiger partial charge < -0.3 is 16.0 Å². The Morgan fingerprint density at radius 2 is 1.80 bits per heavy atom. The van der Waals surface area contributed by atoms with Crippen molar-refractivity contribution in [2.45, 2.75) is 39.2 Å². The maximum absolute atomic E-state index is 12.0. The first-order valence-electron chi connectivity index (χ1n) is 7.37. The van der Waals surface area contributed by atoms with Crippen LogP contribution in [-0.4, -0.2) is 66.4 Å². The molecule has 6 heteroatoms. The molecule has 0 aliphatic carbocycles. The van der Waals surface area contributed by atoms with Gasteiger partial charge in [0, 0.05) is 44.7 Å². The second-order valence-electron chi connectivity index (χ2n) is 6.10. The van der Waals surface area contributed by atoms with Gasteiger partial charge in [0.1, 0.15) is 0 Å². The van der Waals surface area contributed by atoms with Gasteiger partial charge in [0.2, 0.25) is 11.8 Å². The van der Waals surface area contributed by atoms with Crippen LogP contribution in [0.5, 0.6) is 0 Å². The Labute approximate surface area is 121 Å². The quantitative estimate of drug-likeness (QED) is 0.707. The summed E-state index contributed by atoms with van der Waals surface area (Å²) in [5.41, 5.74) is 5.60. The Bertz CT molecular complexity index is 331. The highest BCUT2D eigenvalue weighted by Gasteiger charge is 2.23. The lowest BCUT2D eigenvalue weighted by Gasteiger charge is -2.34. The maximum Gasteiger partial charge on any atom is 0.234 e. The number of nitrogens with one attached hydrogen (secondary N) is 1. The molecule has 0 spiro atoms. The molecule has 0 atom stereocenters. The summed E-state index contributed by atoms with van der Waals surface area (Å²) in [6.45, 7) is 9.77. The van der Waals surface area contributed by atoms with Gasteiger partial charge in [-0.05, 0) is 27.2 Å². The molecule has 0 aromatic heterocycles. The highest BCUT2D eigenvalue weighted by molar-refractivity contribution is 5.78. The first-order valence-corrected chi connectivity index (χ1v) is 7.37. The fourth-order valence-corrected chi connectivity index (χ4v) is 2.20. The molecule has 0 saturated carbocycles. The molecule has 6 nitrogen and oxygen atoms in total. The van der Waals surface area contributed by atoms with E-state index in [2.05, 4.69) is 10.2 Å². The topological polar surface area (TPSA) is 78.7 Å². The van der Waals surface area contributed by atoms with Crippen LogP contribution in [-0.2, 0) is 9.59 Å². The van der Waals surface area contributed by atoms with Crippen molar-refractivity contribution in [3.05, 3.63) is 0 Å². The number of likely N-dealkylation sites (N-methyl/N-ethyl adjacent to an activating group) is 1. The standard InChI is InChI=1S/C14H28N4O2/c1-4-16-12(19)11-17-7-9-18(10-8-17)13(20)5-6-14(2,3)15/h4-11,15H2,1-3H3,(H,16,19). The minimum atomic E-state index is -0.296. The minimum absolute atomic E-state index is 0.0529. The van der Waals surface area contributed by atoms with Crippen LogP contribution in [0.25, 0.3) is 0 Å². The molecule has 116 valence electrons. The molecule has 3 N–H and O–H groups in total. The number of amides is 2. The molecule has 1 heterocycles. The number of nitrogens with two attached hydrogens (primary N) is 1. The molecular weight excluding hydrogens is 256 g/mol. The van der Waals surface area contributed by atoms with Crippen molar-refractivity contribution in [3.63, 3.8) is 0 Å². The number of hydrogen-bond acceptors (Lipinski definition) is 4. The van der Waals surface area contributed by atoms with Crippen LogP contribution >= 0.6 is 0 Å². The van der Waals surface area contributed by atoms with Crippen molar-refractivity contribution >= 4 is 11.8 Å². The van der Waals surface area contributed by atoms with Gasteiger partial charge >= 0.3 is 0 Å². The number of hydrogen-bond donors (Lipinski definition) is 2. The largest absolute Gasteiger partial charge is 0.355 e. The van der Waals surface area contributed by atoms with E-state index >= 15 is 0 Å². The van der Waals surface area contributed by atoms with Gasteiger partial charge in [0.15, 0.2) is 0 Å². The number of piperazine rings is 1. The van der Waals surface area contributed by atoms with Gasteiger partial charge in [-0.1, -0.05) is 0 Å². The zero-order valence-electron chi connectivity index (χ0n) is 12.9. The Hall–Kier alpha value is -1.14. The molecule has 2 amide bonds. The van der Waals surface area contributed by atoms with E-state index in [0.717, 1.165) is 13.1 Å². The lowest BCUT2D eigenvalue weighted by atomic mass is 9.99. The monoisotopic (exact) mass is 284 g/mol. The average molecular weight is 284 g/mol. The summed E-state index contributed by atoms with van der Waals surface area (Å²) in [7, 11) is 0. The second-order valence-corrected chi connectivity index (χ2v) is 6.10. The van der Waals surface area contributed by atoms with Crippen molar-refractivity contribution in [1.29, 1.82) is 0 Å². The summed E-state index contributed by atoms with van der Waals surface area (Å²) in [6, 6.07) is 0. The number of carbonyl (C=O) groups is 2. The van der Waals surface area contributed by atoms with Gasteiger partial charge in [-0.3, -0.25) is 14.5 Å². The fourth-order valence-electron chi connectivity index (χ4n) is 2.20. The molecule has 0 bridgehead atoms. The van der Waals surface area contributed by atoms with Crippen LogP contribution in [0.2, 0.25) is 0 Å². The Balaban J connectivity index is 2.27. The third kappa shape index (κ3) is 6.34. The van der Waals surface area contributed by atoms with Crippen molar-refractivity contribution in [3.8, 4) is 0 Å². The van der Waals surface area contributed by atoms with Gasteiger partial charge in [-0.15, -0.1) is 0 Å². The van der Waals surface area contributed by atoms with Crippen molar-refractivity contribution in [2.75, 3.05) is 39.3 Å². The van der Waals surface area contributed by atoms with Gasteiger partial charge in [0.05, 0.1) is 6.54 Å². The molecule has 0 unspecified atom stereocenters. The summed E-state index contributed by atoms with van der Waals surface area (Å²) in [6.07, 6.45) is 1.20. The van der Waals surface area contributed by atoms with E-state index in [1.165, 1.54) is 0 Å². The maximum atomic E-state index is 12.0. The lowest BCUT2D eigenvalue weighted by molar-refractivity contribution is -0.133. The van der Waals surface area contributed by atoms with Crippen LogP contribution in [0, 0.1) is 0 Å². The van der Waals surface area contributed by atoms with Crippen LogP contribution in [0.4, 0.5) is 0 Å². The van der Waals surface area contributed by atoms with Crippen LogP contribution in [0.1, 0.15) is 33.6 Å². The third-order valence-electron chi connectivity index (χ3n) is 3.45. The van der Waals surface area contributed by atoms with Crippen molar-refractivity contribution in [1.82, 2.24) is 15.1 Å². The average Bonchev–Trinajstić information content (AvgIpc) is 2.36. The van der Waals surface area contributed by atoms with Crippen molar-refractivity contribution in [2.24, 2.45) is 5.73 Å². The molecular formula is C14H28N4O2. The molecule has 1 aliphatic rings. The van der Waals surface area contributed by atoms with Crippen LogP contribution in [0.3, 0.4) is 0 Å². The van der Waals surface area contributed by atoms with Crippen LogP contribution in [0.15, 0.2) is 0 Å². The molecule has 1 fully saturated rings. The Morgan fingerprint density at radius 3 is 2.30 bits per heavy atom. The molecule has 1 aliphatic heterocycles. The summed E-state index contributed by atoms with van der Waals surface area (Å²) in [5.74, 6) is 0.221. The summed E-state index contributed by atoms with van der Waals surface area (Å²) in [4.78, 5) is 27.5. The SMILES string of the molecule is CCNC(=O)CN1CCN(C(=O)CCC(C)(C)N)CC1. The summed E-state index contributed by atoms with van der Waals surface area (Å²) >= 11 is 0. The van der Waals surface area contributed by atoms with Gasteiger partial charge in [-0.25, -0.2) is 0 Å². The number of nitrogens with zero attached hydrogens (tertiary/aromatic N) is 2. The molecule has 0 aromatic rings. The van der Waals surface area contributed by atoms with E-state index < -0.39 is 0 Å². The Morgan fingerprint density at radius 1 is 1.20 bits per heavy atom. The lowest BCUT2D eigenvalue weighted by Crippen LogP contribution is -2.51. The smallest absolute Gasteiger partial charge is 0.234 e. The molecule has 1 rings (SSSR count). The van der Waals surface area contributed by atoms with Gasteiger partial charge in [-0.2, -0.15) is 0 Å². The number of rotatable bonds is 6. The van der Waals surface area contributed by atoms with Gasteiger partial charge in [0.25, 0.3) is 0 Å². The van der Waals surface area contributed by atoms with E-state index in [9.17, 15) is 9.59 Å². The zero-order valence-corrected chi connectivity index (χ0v) is 12.9. The molecule has 1 saturated heterocycles. The number of carbonyl (C=O) groups excluding carboxylic acids is 2. The van der Waals surface area contributed by atoms with E-state index in [1.54, 1.807) is 0 Å². The predicted octanol–water partition coefficient (Wildman–Crippen LogP) is -0.216. The zero-order chi connectivity index (χ0) is 15.2. The molecule has 20 heavy (non-hydrogen) atoms. The van der Waals surface area contributed by atoms with E-state index in [-0.39, 0.29) is 17.4 Å². The normalized spacial score (nSPS) is 17.1. The minimum Gasteiger partial charge on any atom is -0.355 e. The highest BCUT2D eigenvalue weighted by atomic mass is 16.2. The van der Waals surface area contributed by atoms with Crippen LogP contribution < -0.4 is 11.1 Å². The Kier molecular flexibility index (Phi) is 6.42. The first kappa shape index (κ1) is 16.9. The third-order valence-corrected chi connectivity index (χ3v) is 3.45. The summed E-state index contributed by atoms with van der Waals surface area (Å²) < 4.78 is 0. The fraction of sp³-hybridized carbons (Fsp3) is 0.857. The molecule has 0 aromatic carbocycles. The summed E-state index contributed by atoms with van der Waals surface area (Å²) in [5, 5.41) is 2.79. The molecule has 0 radical (unpaired) electrons. The van der Waals surface area contributed by atoms with E-state index in [4.69, 9.17) is 5.73 Å². The highest BCUT2D eigenvalue weighted by Crippen LogP contribution is 2.10. The van der Waals surface area contributed by atoms with Crippen molar-refractivity contribution < 1.29 is 9.59 Å². The second kappa shape index (κ2) is 7.59. The predicted molar refractivity (Wildman–Crippen MR) is 79.2 cm³/mol. The van der Waals surface area contributed by atoms with E-state index in [0.29, 0.717) is 39.0 Å². The first-order chi connectivity index (χ1) is 9.31. The van der Waals surface area contributed by atoms with E-state index in [1.807, 2.05) is 25.7 Å².